The highest BCUT2D eigenvalue weighted by atomic mass is 15.4. The van der Waals surface area contributed by atoms with Gasteiger partial charge in [-0.2, -0.15) is 0 Å². The number of aromatic nitrogens is 1. The van der Waals surface area contributed by atoms with Crippen LogP contribution in [0.5, 0.6) is 0 Å². The SMILES string of the molecule is c1ccc(-c2ccccc2-c2cccc(Nn3c4ccccc4c4ccccc43)c2)cc1. The molecular weight excluding hydrogens is 388 g/mol. The summed E-state index contributed by atoms with van der Waals surface area (Å²) in [6.07, 6.45) is 0. The maximum absolute atomic E-state index is 3.66. The number of nitrogens with zero attached hydrogens (tertiary/aromatic N) is 1. The highest BCUT2D eigenvalue weighted by Crippen LogP contribution is 2.34. The van der Waals surface area contributed by atoms with Crippen LogP contribution in [-0.2, 0) is 0 Å². The maximum atomic E-state index is 3.66. The first-order chi connectivity index (χ1) is 15.9. The molecule has 1 N–H and O–H groups in total. The first kappa shape index (κ1) is 18.5. The van der Waals surface area contributed by atoms with Gasteiger partial charge in [0, 0.05) is 10.8 Å². The number of benzene rings is 5. The molecule has 32 heavy (non-hydrogen) atoms. The minimum absolute atomic E-state index is 1.05. The topological polar surface area (TPSA) is 17.0 Å². The second-order valence-electron chi connectivity index (χ2n) is 7.97. The summed E-state index contributed by atoms with van der Waals surface area (Å²) in [7, 11) is 0. The fourth-order valence-electron chi connectivity index (χ4n) is 4.53. The third-order valence-corrected chi connectivity index (χ3v) is 6.01. The predicted molar refractivity (Wildman–Crippen MR) is 136 cm³/mol. The van der Waals surface area contributed by atoms with Gasteiger partial charge in [0.1, 0.15) is 0 Å². The maximum Gasteiger partial charge on any atom is 0.0709 e. The van der Waals surface area contributed by atoms with E-state index in [9.17, 15) is 0 Å². The Balaban J connectivity index is 1.46. The van der Waals surface area contributed by atoms with Crippen molar-refractivity contribution in [3.05, 3.63) is 127 Å². The number of anilines is 1. The van der Waals surface area contributed by atoms with E-state index in [-0.39, 0.29) is 0 Å². The van der Waals surface area contributed by atoms with E-state index in [1.54, 1.807) is 0 Å². The van der Waals surface area contributed by atoms with Gasteiger partial charge in [-0.1, -0.05) is 103 Å². The van der Waals surface area contributed by atoms with Gasteiger partial charge in [-0.15, -0.1) is 0 Å². The van der Waals surface area contributed by atoms with Crippen molar-refractivity contribution in [3.8, 4) is 22.3 Å². The third-order valence-electron chi connectivity index (χ3n) is 6.01. The Labute approximate surface area is 187 Å². The minimum atomic E-state index is 1.05. The van der Waals surface area contributed by atoms with Crippen molar-refractivity contribution in [1.82, 2.24) is 4.68 Å². The lowest BCUT2D eigenvalue weighted by molar-refractivity contribution is 1.06. The lowest BCUT2D eigenvalue weighted by atomic mass is 9.94. The van der Waals surface area contributed by atoms with Gasteiger partial charge in [-0.05, 0) is 46.5 Å². The molecule has 6 rings (SSSR count). The van der Waals surface area contributed by atoms with Gasteiger partial charge in [0.05, 0.1) is 16.7 Å². The van der Waals surface area contributed by atoms with Crippen LogP contribution in [0.25, 0.3) is 44.1 Å². The lowest BCUT2D eigenvalue weighted by Gasteiger charge is -2.14. The molecule has 6 aromatic rings. The Bertz CT molecular complexity index is 1490. The number of rotatable bonds is 4. The number of fused-ring (bicyclic) bond motifs is 3. The van der Waals surface area contributed by atoms with Gasteiger partial charge < -0.3 is 0 Å². The van der Waals surface area contributed by atoms with E-state index in [1.807, 2.05) is 0 Å². The molecule has 0 saturated heterocycles. The monoisotopic (exact) mass is 410 g/mol. The number of para-hydroxylation sites is 2. The van der Waals surface area contributed by atoms with Gasteiger partial charge in [-0.25, -0.2) is 0 Å². The summed E-state index contributed by atoms with van der Waals surface area (Å²) >= 11 is 0. The fraction of sp³-hybridized carbons (Fsp3) is 0. The molecule has 2 heteroatoms. The molecule has 0 unspecified atom stereocenters. The molecule has 0 amide bonds. The zero-order valence-electron chi connectivity index (χ0n) is 17.6. The zero-order valence-corrected chi connectivity index (χ0v) is 17.6. The highest BCUT2D eigenvalue weighted by Gasteiger charge is 2.11. The van der Waals surface area contributed by atoms with Crippen molar-refractivity contribution in [3.63, 3.8) is 0 Å². The van der Waals surface area contributed by atoms with Gasteiger partial charge in [0.25, 0.3) is 0 Å². The van der Waals surface area contributed by atoms with Gasteiger partial charge in [0.2, 0.25) is 0 Å². The molecule has 1 heterocycles. The number of hydrogen-bond acceptors (Lipinski definition) is 1. The minimum Gasteiger partial charge on any atom is -0.294 e. The number of nitrogens with one attached hydrogen (secondary N) is 1. The second kappa shape index (κ2) is 7.75. The van der Waals surface area contributed by atoms with Crippen LogP contribution in [0.1, 0.15) is 0 Å². The zero-order chi connectivity index (χ0) is 21.3. The van der Waals surface area contributed by atoms with Crippen LogP contribution in [0.4, 0.5) is 5.69 Å². The molecule has 1 aromatic heterocycles. The summed E-state index contributed by atoms with van der Waals surface area (Å²) < 4.78 is 2.19. The van der Waals surface area contributed by atoms with Gasteiger partial charge >= 0.3 is 0 Å². The molecule has 5 aromatic carbocycles. The summed E-state index contributed by atoms with van der Waals surface area (Å²) in [5, 5.41) is 2.50. The van der Waals surface area contributed by atoms with E-state index in [4.69, 9.17) is 0 Å². The molecule has 152 valence electrons. The normalized spacial score (nSPS) is 11.1. The summed E-state index contributed by atoms with van der Waals surface area (Å²) in [5.41, 5.74) is 11.9. The van der Waals surface area contributed by atoms with Crippen molar-refractivity contribution >= 4 is 27.5 Å². The molecule has 0 bridgehead atoms. The molecule has 0 aliphatic carbocycles. The molecule has 0 spiro atoms. The van der Waals surface area contributed by atoms with Crippen LogP contribution >= 0.6 is 0 Å². The number of hydrogen-bond donors (Lipinski definition) is 1. The van der Waals surface area contributed by atoms with Crippen LogP contribution < -0.4 is 5.43 Å². The van der Waals surface area contributed by atoms with Crippen molar-refractivity contribution < 1.29 is 0 Å². The summed E-state index contributed by atoms with van der Waals surface area (Å²) in [5.74, 6) is 0. The average Bonchev–Trinajstić information content (AvgIpc) is 3.18. The largest absolute Gasteiger partial charge is 0.294 e. The second-order valence-corrected chi connectivity index (χ2v) is 7.97. The molecular formula is C30H22N2. The molecule has 0 radical (unpaired) electrons. The Morgan fingerprint density at radius 3 is 1.66 bits per heavy atom. The van der Waals surface area contributed by atoms with Crippen molar-refractivity contribution in [2.75, 3.05) is 5.43 Å². The van der Waals surface area contributed by atoms with E-state index < -0.39 is 0 Å². The standard InChI is InChI=1S/C30H22N2/c1-2-11-22(12-3-1)25-15-4-5-16-26(25)23-13-10-14-24(21-23)31-32-29-19-8-6-17-27(29)28-18-7-9-20-30(28)32/h1-21,31H. The van der Waals surface area contributed by atoms with Crippen LogP contribution in [0.3, 0.4) is 0 Å². The summed E-state index contributed by atoms with van der Waals surface area (Å²) in [6, 6.07) is 44.9. The highest BCUT2D eigenvalue weighted by molar-refractivity contribution is 6.08. The molecule has 0 fully saturated rings. The van der Waals surface area contributed by atoms with E-state index in [0.29, 0.717) is 0 Å². The van der Waals surface area contributed by atoms with Crippen molar-refractivity contribution in [1.29, 1.82) is 0 Å². The van der Waals surface area contributed by atoms with Crippen LogP contribution in [0, 0.1) is 0 Å². The summed E-state index contributed by atoms with van der Waals surface area (Å²) in [4.78, 5) is 0. The van der Waals surface area contributed by atoms with Crippen molar-refractivity contribution in [2.45, 2.75) is 0 Å². The Hall–Kier alpha value is -4.30. The molecule has 0 aliphatic heterocycles. The van der Waals surface area contributed by atoms with Gasteiger partial charge in [-0.3, -0.25) is 10.1 Å². The Morgan fingerprint density at radius 1 is 0.438 bits per heavy atom. The Morgan fingerprint density at radius 2 is 0.969 bits per heavy atom. The average molecular weight is 411 g/mol. The molecule has 0 atom stereocenters. The molecule has 0 aliphatic rings. The first-order valence-corrected chi connectivity index (χ1v) is 10.9. The first-order valence-electron chi connectivity index (χ1n) is 10.9. The van der Waals surface area contributed by atoms with E-state index in [0.717, 1.165) is 5.69 Å². The Kier molecular flexibility index (Phi) is 4.47. The quantitative estimate of drug-likeness (QED) is 0.311. The van der Waals surface area contributed by atoms with E-state index in [1.165, 1.54) is 44.1 Å². The van der Waals surface area contributed by atoms with Crippen LogP contribution in [0.15, 0.2) is 127 Å². The van der Waals surface area contributed by atoms with E-state index in [2.05, 4.69) is 137 Å². The van der Waals surface area contributed by atoms with Crippen LogP contribution in [-0.4, -0.2) is 4.68 Å². The predicted octanol–water partition coefficient (Wildman–Crippen LogP) is 8.00. The molecule has 2 nitrogen and oxygen atoms in total. The third kappa shape index (κ3) is 3.14. The smallest absolute Gasteiger partial charge is 0.0709 e. The molecule has 0 saturated carbocycles. The van der Waals surface area contributed by atoms with E-state index >= 15 is 0 Å². The lowest BCUT2D eigenvalue weighted by Crippen LogP contribution is -2.08. The summed E-state index contributed by atoms with van der Waals surface area (Å²) in [6.45, 7) is 0. The van der Waals surface area contributed by atoms with Crippen molar-refractivity contribution in [2.24, 2.45) is 0 Å². The fourth-order valence-corrected chi connectivity index (χ4v) is 4.53. The van der Waals surface area contributed by atoms with Crippen LogP contribution in [0.2, 0.25) is 0 Å². The van der Waals surface area contributed by atoms with Gasteiger partial charge in [0.15, 0.2) is 0 Å².